The van der Waals surface area contributed by atoms with E-state index in [1.165, 1.54) is 0 Å². The summed E-state index contributed by atoms with van der Waals surface area (Å²) in [4.78, 5) is 3.35. The van der Waals surface area contributed by atoms with Gasteiger partial charge >= 0.3 is 0 Å². The number of rotatable bonds is 3. The molecule has 1 aromatic heterocycles. The molecule has 1 heterocycles. The minimum absolute atomic E-state index is 0.0803. The normalized spacial score (nSPS) is 11.8. The fraction of sp³-hybridized carbons (Fsp3) is 0. The monoisotopic (exact) mass is 404 g/mol. The number of hydrogen-bond acceptors (Lipinski definition) is 4. The van der Waals surface area contributed by atoms with Crippen molar-refractivity contribution in [3.63, 3.8) is 0 Å². The Bertz CT molecular complexity index is 973. The number of sulfonamides is 1. The Morgan fingerprint density at radius 1 is 1.14 bits per heavy atom. The van der Waals surface area contributed by atoms with Crippen LogP contribution >= 0.6 is 27.3 Å². The Morgan fingerprint density at radius 2 is 1.91 bits per heavy atom. The van der Waals surface area contributed by atoms with Gasteiger partial charge in [-0.2, -0.15) is 0 Å². The highest BCUT2D eigenvalue weighted by atomic mass is 79.9. The summed E-state index contributed by atoms with van der Waals surface area (Å²) in [5, 5.41) is 0.0803. The summed E-state index contributed by atoms with van der Waals surface area (Å²) in [6.07, 6.45) is 0. The fourth-order valence-electron chi connectivity index (χ4n) is 1.80. The molecule has 0 saturated heterocycles. The van der Waals surface area contributed by atoms with Crippen molar-refractivity contribution in [1.82, 2.24) is 4.98 Å². The molecule has 0 spiro atoms. The van der Waals surface area contributed by atoms with Gasteiger partial charge in [-0.05, 0) is 36.4 Å². The third-order valence-corrected chi connectivity index (χ3v) is 5.66. The van der Waals surface area contributed by atoms with Crippen molar-refractivity contribution in [3.05, 3.63) is 52.5 Å². The Morgan fingerprint density at radius 3 is 2.68 bits per heavy atom. The maximum Gasteiger partial charge on any atom is 0.266 e. The van der Waals surface area contributed by atoms with Gasteiger partial charge in [-0.25, -0.2) is 22.2 Å². The zero-order valence-electron chi connectivity index (χ0n) is 10.7. The van der Waals surface area contributed by atoms with Gasteiger partial charge in [-0.1, -0.05) is 27.3 Å². The van der Waals surface area contributed by atoms with Gasteiger partial charge in [0, 0.05) is 4.47 Å². The number of benzene rings is 2. The highest BCUT2D eigenvalue weighted by Gasteiger charge is 2.21. The van der Waals surface area contributed by atoms with Crippen LogP contribution in [-0.4, -0.2) is 13.4 Å². The summed E-state index contributed by atoms with van der Waals surface area (Å²) < 4.78 is 54.8. The standard InChI is InChI=1S/C13H7BrF2N2O2S2/c14-7-1-4-10-11(5-7)21-13(17-10)18-22(19,20)12-6-8(15)2-3-9(12)16/h1-6H,(H,17,18). The van der Waals surface area contributed by atoms with Crippen LogP contribution in [0.25, 0.3) is 10.2 Å². The largest absolute Gasteiger partial charge is 0.266 e. The van der Waals surface area contributed by atoms with Crippen LogP contribution in [0.4, 0.5) is 13.9 Å². The molecule has 0 aliphatic heterocycles. The molecule has 0 fully saturated rings. The first-order chi connectivity index (χ1) is 10.3. The summed E-state index contributed by atoms with van der Waals surface area (Å²) in [5.74, 6) is -1.87. The van der Waals surface area contributed by atoms with Crippen molar-refractivity contribution in [1.29, 1.82) is 0 Å². The predicted octanol–water partition coefficient (Wildman–Crippen LogP) is 4.14. The second-order valence-electron chi connectivity index (χ2n) is 4.31. The molecule has 22 heavy (non-hydrogen) atoms. The molecule has 2 aromatic carbocycles. The van der Waals surface area contributed by atoms with Gasteiger partial charge in [0.25, 0.3) is 10.0 Å². The minimum atomic E-state index is -4.25. The van der Waals surface area contributed by atoms with Crippen molar-refractivity contribution in [2.45, 2.75) is 4.90 Å². The quantitative estimate of drug-likeness (QED) is 0.713. The summed E-state index contributed by atoms with van der Waals surface area (Å²) >= 11 is 4.40. The first kappa shape index (κ1) is 15.3. The predicted molar refractivity (Wildman–Crippen MR) is 84.5 cm³/mol. The molecule has 0 bridgehead atoms. The van der Waals surface area contributed by atoms with Gasteiger partial charge in [0.15, 0.2) is 5.13 Å². The lowest BCUT2D eigenvalue weighted by atomic mass is 10.3. The molecule has 0 aliphatic carbocycles. The Labute approximate surface area is 137 Å². The average molecular weight is 405 g/mol. The Balaban J connectivity index is 2.00. The van der Waals surface area contributed by atoms with Crippen LogP contribution in [0.2, 0.25) is 0 Å². The van der Waals surface area contributed by atoms with E-state index >= 15 is 0 Å². The zero-order chi connectivity index (χ0) is 15.9. The molecule has 0 aliphatic rings. The van der Waals surface area contributed by atoms with Crippen LogP contribution in [0.15, 0.2) is 45.8 Å². The maximum atomic E-state index is 13.6. The minimum Gasteiger partial charge on any atom is -0.255 e. The molecule has 114 valence electrons. The molecule has 0 saturated carbocycles. The van der Waals surface area contributed by atoms with E-state index in [0.29, 0.717) is 11.6 Å². The summed E-state index contributed by atoms with van der Waals surface area (Å²) in [5.41, 5.74) is 0.602. The molecule has 0 atom stereocenters. The number of hydrogen-bond donors (Lipinski definition) is 1. The van der Waals surface area contributed by atoms with Gasteiger partial charge in [0.05, 0.1) is 10.2 Å². The van der Waals surface area contributed by atoms with Gasteiger partial charge in [0.2, 0.25) is 0 Å². The van der Waals surface area contributed by atoms with Crippen LogP contribution in [0.3, 0.4) is 0 Å². The number of anilines is 1. The smallest absolute Gasteiger partial charge is 0.255 e. The van der Waals surface area contributed by atoms with Crippen molar-refractivity contribution in [3.8, 4) is 0 Å². The summed E-state index contributed by atoms with van der Waals surface area (Å²) in [6.45, 7) is 0. The van der Waals surface area contributed by atoms with E-state index in [0.717, 1.165) is 32.6 Å². The van der Waals surface area contributed by atoms with Gasteiger partial charge < -0.3 is 0 Å². The lowest BCUT2D eigenvalue weighted by molar-refractivity contribution is 0.555. The topological polar surface area (TPSA) is 59.1 Å². The van der Waals surface area contributed by atoms with Crippen LogP contribution < -0.4 is 4.72 Å². The van der Waals surface area contributed by atoms with Gasteiger partial charge in [-0.3, -0.25) is 4.72 Å². The Hall–Kier alpha value is -1.58. The van der Waals surface area contributed by atoms with E-state index in [1.807, 2.05) is 0 Å². The van der Waals surface area contributed by atoms with E-state index in [1.54, 1.807) is 18.2 Å². The lowest BCUT2D eigenvalue weighted by Crippen LogP contribution is -2.14. The molecule has 3 aromatic rings. The average Bonchev–Trinajstić information content (AvgIpc) is 2.81. The molecular formula is C13H7BrF2N2O2S2. The molecule has 9 heteroatoms. The SMILES string of the molecule is O=S(=O)(Nc1nc2ccc(Br)cc2s1)c1cc(F)ccc1F. The van der Waals surface area contributed by atoms with Crippen LogP contribution in [0.1, 0.15) is 0 Å². The van der Waals surface area contributed by atoms with Crippen molar-refractivity contribution < 1.29 is 17.2 Å². The van der Waals surface area contributed by atoms with E-state index < -0.39 is 26.6 Å². The van der Waals surface area contributed by atoms with Crippen molar-refractivity contribution in [2.75, 3.05) is 4.72 Å². The molecule has 1 N–H and O–H groups in total. The lowest BCUT2D eigenvalue weighted by Gasteiger charge is -2.06. The van der Waals surface area contributed by atoms with Crippen LogP contribution in [0, 0.1) is 11.6 Å². The van der Waals surface area contributed by atoms with E-state index in [9.17, 15) is 17.2 Å². The molecule has 0 amide bonds. The zero-order valence-corrected chi connectivity index (χ0v) is 13.9. The number of nitrogens with zero attached hydrogens (tertiary/aromatic N) is 1. The third-order valence-electron chi connectivity index (χ3n) is 2.75. The van der Waals surface area contributed by atoms with Crippen molar-refractivity contribution in [2.24, 2.45) is 0 Å². The second kappa shape index (κ2) is 5.56. The highest BCUT2D eigenvalue weighted by Crippen LogP contribution is 2.30. The number of aromatic nitrogens is 1. The fourth-order valence-corrected chi connectivity index (χ4v) is 4.54. The molecule has 0 unspecified atom stereocenters. The number of fused-ring (bicyclic) bond motifs is 1. The molecule has 0 radical (unpaired) electrons. The maximum absolute atomic E-state index is 13.6. The number of nitrogens with one attached hydrogen (secondary N) is 1. The molecule has 3 rings (SSSR count). The van der Waals surface area contributed by atoms with Gasteiger partial charge in [0.1, 0.15) is 16.5 Å². The van der Waals surface area contributed by atoms with E-state index in [-0.39, 0.29) is 5.13 Å². The van der Waals surface area contributed by atoms with E-state index in [2.05, 4.69) is 25.6 Å². The Kier molecular flexibility index (Phi) is 3.87. The molecule has 4 nitrogen and oxygen atoms in total. The van der Waals surface area contributed by atoms with Gasteiger partial charge in [-0.15, -0.1) is 0 Å². The summed E-state index contributed by atoms with van der Waals surface area (Å²) in [6, 6.07) is 7.52. The molecular weight excluding hydrogens is 398 g/mol. The van der Waals surface area contributed by atoms with E-state index in [4.69, 9.17) is 0 Å². The van der Waals surface area contributed by atoms with Crippen molar-refractivity contribution >= 4 is 52.6 Å². The van der Waals surface area contributed by atoms with Crippen LogP contribution in [-0.2, 0) is 10.0 Å². The summed E-state index contributed by atoms with van der Waals surface area (Å²) in [7, 11) is -4.25. The number of halogens is 3. The first-order valence-electron chi connectivity index (χ1n) is 5.89. The highest BCUT2D eigenvalue weighted by molar-refractivity contribution is 9.10. The first-order valence-corrected chi connectivity index (χ1v) is 8.98. The van der Waals surface area contributed by atoms with Crippen LogP contribution in [0.5, 0.6) is 0 Å². The second-order valence-corrected chi connectivity index (χ2v) is 7.91. The third kappa shape index (κ3) is 2.96. The number of thiazole rings is 1.